The number of ether oxygens (including phenoxy) is 2. The van der Waals surface area contributed by atoms with Crippen molar-refractivity contribution in [2.75, 3.05) is 27.2 Å². The summed E-state index contributed by atoms with van der Waals surface area (Å²) >= 11 is 0. The number of likely N-dealkylation sites (tertiary alicyclic amines) is 1. The van der Waals surface area contributed by atoms with E-state index in [0.717, 1.165) is 5.56 Å². The third-order valence-electron chi connectivity index (χ3n) is 8.33. The fourth-order valence-corrected chi connectivity index (χ4v) is 5.57. The van der Waals surface area contributed by atoms with Gasteiger partial charge in [0, 0.05) is 13.6 Å². The number of Topliss-reactive ketones (excluding diaryl/α,β-unsaturated/α-hetero) is 1. The number of fused-ring (bicyclic) bond motifs is 1. The first-order valence-corrected chi connectivity index (χ1v) is 14.8. The highest BCUT2D eigenvalue weighted by Gasteiger charge is 2.63. The van der Waals surface area contributed by atoms with Gasteiger partial charge in [-0.2, -0.15) is 0 Å². The molecule has 242 valence electrons. The number of hydrogen-bond acceptors (Lipinski definition) is 8. The number of ketones is 1. The van der Waals surface area contributed by atoms with Crippen molar-refractivity contribution in [1.29, 1.82) is 0 Å². The highest BCUT2D eigenvalue weighted by Crippen LogP contribution is 2.55. The van der Waals surface area contributed by atoms with E-state index >= 15 is 0 Å². The molecule has 1 aliphatic carbocycles. The molecule has 0 aromatic heterocycles. The van der Waals surface area contributed by atoms with Crippen LogP contribution in [0.25, 0.3) is 0 Å². The van der Waals surface area contributed by atoms with Crippen LogP contribution in [0.2, 0.25) is 0 Å². The number of carbonyl (C=O) groups is 6. The van der Waals surface area contributed by atoms with E-state index in [2.05, 4.69) is 21.3 Å². The molecule has 13 nitrogen and oxygen atoms in total. The number of carbonyl (C=O) groups excluding carboxylic acids is 6. The molecule has 1 heterocycles. The molecule has 3 rings (SSSR count). The van der Waals surface area contributed by atoms with E-state index in [9.17, 15) is 28.8 Å². The van der Waals surface area contributed by atoms with E-state index in [0.29, 0.717) is 12.3 Å². The molecule has 5 amide bonds. The quantitative estimate of drug-likeness (QED) is 0.199. The van der Waals surface area contributed by atoms with Crippen LogP contribution >= 0.6 is 0 Å². The molecule has 1 aromatic carbocycles. The summed E-state index contributed by atoms with van der Waals surface area (Å²) in [6, 6.07) is 3.45. The third kappa shape index (κ3) is 8.06. The predicted molar refractivity (Wildman–Crippen MR) is 160 cm³/mol. The van der Waals surface area contributed by atoms with Gasteiger partial charge in [0.2, 0.25) is 17.6 Å². The maximum absolute atomic E-state index is 13.9. The number of nitrogens with zero attached hydrogens (tertiary/aromatic N) is 1. The van der Waals surface area contributed by atoms with Gasteiger partial charge in [-0.1, -0.05) is 53.7 Å². The molecule has 2 fully saturated rings. The third-order valence-corrected chi connectivity index (χ3v) is 8.33. The van der Waals surface area contributed by atoms with Crippen LogP contribution in [0.4, 0.5) is 4.79 Å². The van der Waals surface area contributed by atoms with Gasteiger partial charge in [0.15, 0.2) is 0 Å². The average Bonchev–Trinajstić information content (AvgIpc) is 3.41. The van der Waals surface area contributed by atoms with Gasteiger partial charge in [0.1, 0.15) is 30.5 Å². The van der Waals surface area contributed by atoms with Gasteiger partial charge in [-0.25, -0.2) is 9.59 Å². The van der Waals surface area contributed by atoms with Crippen molar-refractivity contribution in [3.63, 3.8) is 0 Å². The molecule has 0 bridgehead atoms. The standard InChI is InChI=1S/C31H45N5O8/c1-16(2)23(29(41)44-15-18-9-11-19(43-8)12-10-18)34-30(42)35-25(31(4,5)6)28(40)36-14-20-17(3)22(20)24(36)27(39)33-13-21(37)26(38)32-7/h9-12,16-17,20,22-25H,13-15H2,1-8H3,(H,32,38)(H,33,39)(H2,34,35,42)/t17?,20-,22+,23+,24+,25-/m1/s1. The summed E-state index contributed by atoms with van der Waals surface area (Å²) in [5.74, 6) is -2.63. The monoisotopic (exact) mass is 615 g/mol. The minimum Gasteiger partial charge on any atom is -0.497 e. The lowest BCUT2D eigenvalue weighted by Crippen LogP contribution is -2.61. The second-order valence-electron chi connectivity index (χ2n) is 12.9. The molecule has 1 aliphatic heterocycles. The number of benzene rings is 1. The maximum Gasteiger partial charge on any atom is 0.329 e. The number of amides is 5. The summed E-state index contributed by atoms with van der Waals surface area (Å²) in [5, 5.41) is 10.1. The Bertz CT molecular complexity index is 1260. The molecule has 1 saturated heterocycles. The zero-order chi connectivity index (χ0) is 32.9. The molecule has 6 atom stereocenters. The largest absolute Gasteiger partial charge is 0.497 e. The van der Waals surface area contributed by atoms with Crippen LogP contribution < -0.4 is 26.0 Å². The van der Waals surface area contributed by atoms with Crippen LogP contribution in [0.15, 0.2) is 24.3 Å². The first-order chi connectivity index (χ1) is 20.6. The van der Waals surface area contributed by atoms with E-state index in [-0.39, 0.29) is 30.3 Å². The number of likely N-dealkylation sites (N-methyl/N-ethyl adjacent to an activating group) is 1. The topological polar surface area (TPSA) is 172 Å². The van der Waals surface area contributed by atoms with Crippen LogP contribution in [0.1, 0.15) is 47.1 Å². The highest BCUT2D eigenvalue weighted by atomic mass is 16.5. The van der Waals surface area contributed by atoms with Gasteiger partial charge in [0.05, 0.1) is 13.7 Å². The summed E-state index contributed by atoms with van der Waals surface area (Å²) < 4.78 is 10.6. The van der Waals surface area contributed by atoms with Crippen molar-refractivity contribution in [2.24, 2.45) is 29.1 Å². The Balaban J connectivity index is 1.68. The van der Waals surface area contributed by atoms with E-state index in [1.165, 1.54) is 11.9 Å². The van der Waals surface area contributed by atoms with Crippen molar-refractivity contribution in [2.45, 2.75) is 66.3 Å². The van der Waals surface area contributed by atoms with Crippen LogP contribution in [0, 0.1) is 29.1 Å². The van der Waals surface area contributed by atoms with Gasteiger partial charge in [-0.3, -0.25) is 19.2 Å². The molecule has 44 heavy (non-hydrogen) atoms. The maximum atomic E-state index is 13.9. The van der Waals surface area contributed by atoms with Crippen LogP contribution in [0.5, 0.6) is 5.75 Å². The van der Waals surface area contributed by atoms with Gasteiger partial charge < -0.3 is 35.6 Å². The van der Waals surface area contributed by atoms with Crippen molar-refractivity contribution in [3.8, 4) is 5.75 Å². The summed E-state index contributed by atoms with van der Waals surface area (Å²) in [5.41, 5.74) is -0.00956. The molecule has 1 saturated carbocycles. The Morgan fingerprint density at radius 2 is 1.66 bits per heavy atom. The number of urea groups is 1. The SMILES string of the molecule is CNC(=O)C(=O)CNC(=O)[C@@H]1[C@H]2C(C)[C@H]2CN1C(=O)[C@@H](NC(=O)N[C@H](C(=O)OCc1ccc(OC)cc1)C(C)C)C(C)(C)C. The Morgan fingerprint density at radius 3 is 2.20 bits per heavy atom. The molecule has 1 aromatic rings. The lowest BCUT2D eigenvalue weighted by Gasteiger charge is -2.37. The van der Waals surface area contributed by atoms with Gasteiger partial charge in [-0.15, -0.1) is 0 Å². The lowest BCUT2D eigenvalue weighted by molar-refractivity contribution is -0.148. The molecule has 2 aliphatic rings. The molecular weight excluding hydrogens is 570 g/mol. The van der Waals surface area contributed by atoms with Crippen molar-refractivity contribution in [1.82, 2.24) is 26.2 Å². The van der Waals surface area contributed by atoms with Gasteiger partial charge in [0.25, 0.3) is 5.91 Å². The van der Waals surface area contributed by atoms with Crippen molar-refractivity contribution in [3.05, 3.63) is 29.8 Å². The summed E-state index contributed by atoms with van der Waals surface area (Å²) in [6.45, 7) is 10.7. The number of nitrogens with one attached hydrogen (secondary N) is 4. The zero-order valence-corrected chi connectivity index (χ0v) is 26.7. The van der Waals surface area contributed by atoms with Crippen LogP contribution in [0.3, 0.4) is 0 Å². The van der Waals surface area contributed by atoms with E-state index in [1.54, 1.807) is 66.0 Å². The van der Waals surface area contributed by atoms with Crippen LogP contribution in [-0.4, -0.2) is 85.8 Å². The second kappa shape index (κ2) is 14.1. The van der Waals surface area contributed by atoms with Crippen molar-refractivity contribution < 1.29 is 38.2 Å². The number of rotatable bonds is 12. The Kier molecular flexibility index (Phi) is 11.0. The first-order valence-electron chi connectivity index (χ1n) is 14.8. The fourth-order valence-electron chi connectivity index (χ4n) is 5.57. The number of piperidine rings is 1. The van der Waals surface area contributed by atoms with E-state index in [1.807, 2.05) is 6.92 Å². The minimum atomic E-state index is -1.04. The van der Waals surface area contributed by atoms with E-state index in [4.69, 9.17) is 9.47 Å². The zero-order valence-electron chi connectivity index (χ0n) is 26.7. The average molecular weight is 616 g/mol. The molecular formula is C31H45N5O8. The Labute approximate surface area is 258 Å². The normalized spacial score (nSPS) is 21.8. The number of esters is 1. The van der Waals surface area contributed by atoms with Gasteiger partial charge in [-0.05, 0) is 46.8 Å². The summed E-state index contributed by atoms with van der Waals surface area (Å²) in [4.78, 5) is 78.3. The fraction of sp³-hybridized carbons (Fsp3) is 0.613. The molecule has 0 spiro atoms. The Morgan fingerprint density at radius 1 is 1.02 bits per heavy atom. The number of methoxy groups -OCH3 is 1. The lowest BCUT2D eigenvalue weighted by atomic mass is 9.85. The van der Waals surface area contributed by atoms with E-state index < -0.39 is 65.6 Å². The highest BCUT2D eigenvalue weighted by molar-refractivity contribution is 6.37. The molecule has 0 radical (unpaired) electrons. The summed E-state index contributed by atoms with van der Waals surface area (Å²) in [7, 11) is 2.88. The second-order valence-corrected chi connectivity index (χ2v) is 12.9. The first kappa shape index (κ1) is 34.3. The predicted octanol–water partition coefficient (Wildman–Crippen LogP) is 1.00. The van der Waals surface area contributed by atoms with Gasteiger partial charge >= 0.3 is 12.0 Å². The Hall–Kier alpha value is -4.16. The minimum absolute atomic E-state index is 0.00628. The summed E-state index contributed by atoms with van der Waals surface area (Å²) in [6.07, 6.45) is 0. The number of hydrogen-bond donors (Lipinski definition) is 4. The molecule has 13 heteroatoms. The molecule has 4 N–H and O–H groups in total. The van der Waals surface area contributed by atoms with Crippen molar-refractivity contribution >= 4 is 35.5 Å². The van der Waals surface area contributed by atoms with Crippen LogP contribution in [-0.2, 0) is 35.3 Å². The molecule has 1 unspecified atom stereocenters. The smallest absolute Gasteiger partial charge is 0.329 e.